The second kappa shape index (κ2) is 5.69. The van der Waals surface area contributed by atoms with Crippen molar-refractivity contribution in [3.8, 4) is 0 Å². The molecule has 1 aromatic carbocycles. The number of rotatable bonds is 1. The Morgan fingerprint density at radius 3 is 2.25 bits per heavy atom. The second-order valence-corrected chi connectivity index (χ2v) is 2.41. The van der Waals surface area contributed by atoms with Crippen LogP contribution < -0.4 is 0 Å². The maximum atomic E-state index is 12.0. The molecule has 8 heteroatoms. The van der Waals surface area contributed by atoms with E-state index in [2.05, 4.69) is 0 Å². The number of non-ortho nitro benzene ring substituents is 1. The molecule has 0 bridgehead atoms. The molecule has 0 amide bonds. The molecule has 0 saturated heterocycles. The van der Waals surface area contributed by atoms with Crippen LogP contribution in [0.1, 0.15) is 5.56 Å². The van der Waals surface area contributed by atoms with Crippen LogP contribution in [0.25, 0.3) is 0 Å². The molecule has 0 radical (unpaired) electrons. The summed E-state index contributed by atoms with van der Waals surface area (Å²) in [5.74, 6) is 0. The predicted octanol–water partition coefficient (Wildman–Crippen LogP) is 2.31. The van der Waals surface area contributed by atoms with Crippen LogP contribution in [-0.2, 0) is 11.0 Å². The monoisotopic (exact) mass is 237 g/mol. The lowest BCUT2D eigenvalue weighted by Gasteiger charge is -2.04. The van der Waals surface area contributed by atoms with Gasteiger partial charge in [0, 0.05) is 12.1 Å². The first-order chi connectivity index (χ1) is 7.32. The van der Waals surface area contributed by atoms with E-state index in [1.54, 1.807) is 0 Å². The third-order valence-electron chi connectivity index (χ3n) is 1.38. The average Bonchev–Trinajstić information content (AvgIpc) is 2.18. The standard InChI is InChI=1S/C7H4F3NO2.CH2O2/c8-7(9,10)5-2-1-3-6(4-5)11(12)13;2-1-3/h1-4H;1H,(H,2,3). The van der Waals surface area contributed by atoms with Gasteiger partial charge >= 0.3 is 6.18 Å². The molecule has 0 aliphatic carbocycles. The van der Waals surface area contributed by atoms with E-state index >= 15 is 0 Å². The van der Waals surface area contributed by atoms with Crippen molar-refractivity contribution in [3.05, 3.63) is 39.9 Å². The van der Waals surface area contributed by atoms with E-state index in [1.807, 2.05) is 0 Å². The molecule has 0 aliphatic heterocycles. The molecule has 16 heavy (non-hydrogen) atoms. The molecule has 1 N–H and O–H groups in total. The van der Waals surface area contributed by atoms with Crippen LogP contribution in [0, 0.1) is 10.1 Å². The van der Waals surface area contributed by atoms with Crippen LogP contribution in [0.2, 0.25) is 0 Å². The number of carboxylic acid groups (broad SMARTS) is 1. The summed E-state index contributed by atoms with van der Waals surface area (Å²) < 4.78 is 36.0. The van der Waals surface area contributed by atoms with Gasteiger partial charge in [-0.05, 0) is 6.07 Å². The van der Waals surface area contributed by atoms with E-state index in [1.165, 1.54) is 0 Å². The van der Waals surface area contributed by atoms with Gasteiger partial charge in [0.15, 0.2) is 0 Å². The van der Waals surface area contributed by atoms with Gasteiger partial charge in [0.1, 0.15) is 0 Å². The van der Waals surface area contributed by atoms with E-state index in [9.17, 15) is 23.3 Å². The topological polar surface area (TPSA) is 80.4 Å². The molecular formula is C8H6F3NO4. The summed E-state index contributed by atoms with van der Waals surface area (Å²) in [6, 6.07) is 3.29. The number of nitrogens with zero attached hydrogens (tertiary/aromatic N) is 1. The number of halogens is 3. The Morgan fingerprint density at radius 1 is 1.38 bits per heavy atom. The summed E-state index contributed by atoms with van der Waals surface area (Å²) in [5.41, 5.74) is -1.57. The van der Waals surface area contributed by atoms with Crippen LogP contribution in [-0.4, -0.2) is 16.5 Å². The predicted molar refractivity (Wildman–Crippen MR) is 46.8 cm³/mol. The summed E-state index contributed by atoms with van der Waals surface area (Å²) in [4.78, 5) is 17.6. The van der Waals surface area contributed by atoms with Crippen LogP contribution in [0.4, 0.5) is 18.9 Å². The highest BCUT2D eigenvalue weighted by Crippen LogP contribution is 2.30. The van der Waals surface area contributed by atoms with Crippen LogP contribution in [0.5, 0.6) is 0 Å². The lowest BCUT2D eigenvalue weighted by atomic mass is 10.2. The number of nitro groups is 1. The van der Waals surface area contributed by atoms with Gasteiger partial charge < -0.3 is 5.11 Å². The molecule has 5 nitrogen and oxygen atoms in total. The average molecular weight is 237 g/mol. The zero-order chi connectivity index (χ0) is 12.8. The Hall–Kier alpha value is -2.12. The van der Waals surface area contributed by atoms with Crippen molar-refractivity contribution in [1.82, 2.24) is 0 Å². The number of hydrogen-bond acceptors (Lipinski definition) is 3. The number of alkyl halides is 3. The zero-order valence-electron chi connectivity index (χ0n) is 7.64. The van der Waals surface area contributed by atoms with Gasteiger partial charge in [-0.1, -0.05) is 6.07 Å². The van der Waals surface area contributed by atoms with Gasteiger partial charge in [0.2, 0.25) is 0 Å². The first kappa shape index (κ1) is 13.9. The SMILES string of the molecule is O=CO.O=[N+]([O-])c1cccc(C(F)(F)F)c1. The molecule has 0 fully saturated rings. The molecule has 0 spiro atoms. The van der Waals surface area contributed by atoms with Crippen LogP contribution in [0.15, 0.2) is 24.3 Å². The van der Waals surface area contributed by atoms with Crippen molar-refractivity contribution in [2.24, 2.45) is 0 Å². The zero-order valence-corrected chi connectivity index (χ0v) is 7.64. The summed E-state index contributed by atoms with van der Waals surface area (Å²) in [6.07, 6.45) is -4.54. The lowest BCUT2D eigenvalue weighted by Crippen LogP contribution is -2.04. The fraction of sp³-hybridized carbons (Fsp3) is 0.125. The second-order valence-electron chi connectivity index (χ2n) is 2.41. The minimum absolute atomic E-state index is 0.250. The first-order valence-corrected chi connectivity index (χ1v) is 3.72. The van der Waals surface area contributed by atoms with E-state index in [4.69, 9.17) is 9.90 Å². The minimum Gasteiger partial charge on any atom is -0.483 e. The Balaban J connectivity index is 0.000000673. The summed E-state index contributed by atoms with van der Waals surface area (Å²) in [6.45, 7) is -0.250. The van der Waals surface area contributed by atoms with E-state index in [0.717, 1.165) is 18.2 Å². The molecule has 0 aromatic heterocycles. The highest BCUT2D eigenvalue weighted by atomic mass is 19.4. The largest absolute Gasteiger partial charge is 0.483 e. The quantitative estimate of drug-likeness (QED) is 0.461. The summed E-state index contributed by atoms with van der Waals surface area (Å²) in [7, 11) is 0. The van der Waals surface area contributed by atoms with E-state index in [0.29, 0.717) is 6.07 Å². The van der Waals surface area contributed by atoms with Crippen molar-refractivity contribution in [2.75, 3.05) is 0 Å². The highest BCUT2D eigenvalue weighted by molar-refractivity contribution is 5.35. The Bertz CT molecular complexity index is 378. The Labute approximate surface area is 87.3 Å². The van der Waals surface area contributed by atoms with Gasteiger partial charge in [-0.25, -0.2) is 0 Å². The molecule has 0 saturated carbocycles. The Kier molecular flexibility index (Phi) is 4.93. The summed E-state index contributed by atoms with van der Waals surface area (Å²) in [5, 5.41) is 17.0. The fourth-order valence-electron chi connectivity index (χ4n) is 0.796. The van der Waals surface area contributed by atoms with Crippen molar-refractivity contribution in [1.29, 1.82) is 0 Å². The molecule has 1 rings (SSSR count). The number of nitro benzene ring substituents is 1. The van der Waals surface area contributed by atoms with Crippen molar-refractivity contribution in [3.63, 3.8) is 0 Å². The van der Waals surface area contributed by atoms with Crippen LogP contribution >= 0.6 is 0 Å². The maximum absolute atomic E-state index is 12.0. The van der Waals surface area contributed by atoms with Gasteiger partial charge in [-0.15, -0.1) is 0 Å². The Morgan fingerprint density at radius 2 is 1.88 bits per heavy atom. The fourth-order valence-corrected chi connectivity index (χ4v) is 0.796. The van der Waals surface area contributed by atoms with E-state index < -0.39 is 22.4 Å². The molecule has 1 aromatic rings. The molecule has 0 atom stereocenters. The lowest BCUT2D eigenvalue weighted by molar-refractivity contribution is -0.385. The van der Waals surface area contributed by atoms with Gasteiger partial charge in [0.05, 0.1) is 10.5 Å². The summed E-state index contributed by atoms with van der Waals surface area (Å²) >= 11 is 0. The van der Waals surface area contributed by atoms with Crippen molar-refractivity contribution in [2.45, 2.75) is 6.18 Å². The third kappa shape index (κ3) is 4.40. The smallest absolute Gasteiger partial charge is 0.416 e. The van der Waals surface area contributed by atoms with Crippen molar-refractivity contribution < 1.29 is 28.0 Å². The highest BCUT2D eigenvalue weighted by Gasteiger charge is 2.31. The molecular weight excluding hydrogens is 231 g/mol. The van der Waals surface area contributed by atoms with Crippen LogP contribution in [0.3, 0.4) is 0 Å². The molecule has 88 valence electrons. The van der Waals surface area contributed by atoms with Crippen molar-refractivity contribution >= 4 is 12.2 Å². The minimum atomic E-state index is -4.54. The third-order valence-corrected chi connectivity index (χ3v) is 1.38. The molecule has 0 unspecified atom stereocenters. The van der Waals surface area contributed by atoms with Gasteiger partial charge in [-0.3, -0.25) is 14.9 Å². The van der Waals surface area contributed by atoms with E-state index in [-0.39, 0.29) is 6.47 Å². The number of benzene rings is 1. The molecule has 0 aliphatic rings. The normalized spacial score (nSPS) is 9.94. The number of hydrogen-bond donors (Lipinski definition) is 1. The van der Waals surface area contributed by atoms with Gasteiger partial charge in [-0.2, -0.15) is 13.2 Å². The van der Waals surface area contributed by atoms with Gasteiger partial charge in [0.25, 0.3) is 12.2 Å². The molecule has 0 heterocycles. The number of carbonyl (C=O) groups is 1. The maximum Gasteiger partial charge on any atom is 0.416 e. The first-order valence-electron chi connectivity index (χ1n) is 3.72.